The SMILES string of the molecule is BrC(Br)CCOCCC(Br)Br. The molecule has 0 aliphatic heterocycles. The van der Waals surface area contributed by atoms with Crippen LogP contribution >= 0.6 is 63.7 Å². The fourth-order valence-corrected chi connectivity index (χ4v) is 1.19. The van der Waals surface area contributed by atoms with Crippen molar-refractivity contribution in [3.8, 4) is 0 Å². The highest BCUT2D eigenvalue weighted by atomic mass is 79.9. The molecule has 0 amide bonds. The summed E-state index contributed by atoms with van der Waals surface area (Å²) in [7, 11) is 0. The van der Waals surface area contributed by atoms with Crippen molar-refractivity contribution in [2.24, 2.45) is 0 Å². The van der Waals surface area contributed by atoms with Crippen LogP contribution < -0.4 is 0 Å². The largest absolute Gasteiger partial charge is 0.381 e. The fourth-order valence-electron chi connectivity index (χ4n) is 0.447. The molecule has 0 spiro atoms. The Kier molecular flexibility index (Phi) is 9.93. The summed E-state index contributed by atoms with van der Waals surface area (Å²) >= 11 is 13.5. The Morgan fingerprint density at radius 2 is 1.18 bits per heavy atom. The Hall–Kier alpha value is 1.88. The second kappa shape index (κ2) is 8.48. The van der Waals surface area contributed by atoms with Gasteiger partial charge in [0.25, 0.3) is 0 Å². The van der Waals surface area contributed by atoms with Crippen LogP contribution in [0.15, 0.2) is 0 Å². The molecule has 0 bridgehead atoms. The van der Waals surface area contributed by atoms with Crippen LogP contribution in [0.25, 0.3) is 0 Å². The van der Waals surface area contributed by atoms with Crippen molar-refractivity contribution in [3.63, 3.8) is 0 Å². The van der Waals surface area contributed by atoms with Crippen LogP contribution in [0, 0.1) is 0 Å². The maximum Gasteiger partial charge on any atom is 0.0719 e. The van der Waals surface area contributed by atoms with E-state index >= 15 is 0 Å². The molecule has 0 aliphatic rings. The van der Waals surface area contributed by atoms with E-state index in [-0.39, 0.29) is 0 Å². The number of halogens is 4. The predicted octanol–water partition coefficient (Wildman–Crippen LogP) is 4.02. The van der Waals surface area contributed by atoms with Crippen molar-refractivity contribution in [2.45, 2.75) is 20.3 Å². The van der Waals surface area contributed by atoms with Crippen LogP contribution in [0.1, 0.15) is 12.8 Å². The van der Waals surface area contributed by atoms with Gasteiger partial charge in [-0.2, -0.15) is 0 Å². The van der Waals surface area contributed by atoms with Crippen molar-refractivity contribution in [2.75, 3.05) is 13.2 Å². The molecule has 0 heterocycles. The second-order valence-corrected chi connectivity index (χ2v) is 8.85. The van der Waals surface area contributed by atoms with Crippen LogP contribution in [0.5, 0.6) is 0 Å². The van der Waals surface area contributed by atoms with Gasteiger partial charge in [-0.05, 0) is 12.8 Å². The fraction of sp³-hybridized carbons (Fsp3) is 1.00. The molecule has 0 saturated heterocycles. The van der Waals surface area contributed by atoms with Crippen LogP contribution in [0.2, 0.25) is 0 Å². The first-order valence-corrected chi connectivity index (χ1v) is 6.93. The number of ether oxygens (including phenoxy) is 1. The summed E-state index contributed by atoms with van der Waals surface area (Å²) in [5.41, 5.74) is 0. The quantitative estimate of drug-likeness (QED) is 0.468. The van der Waals surface area contributed by atoms with E-state index in [1.165, 1.54) is 0 Å². The van der Waals surface area contributed by atoms with Crippen LogP contribution in [-0.4, -0.2) is 20.7 Å². The van der Waals surface area contributed by atoms with Gasteiger partial charge < -0.3 is 4.74 Å². The number of hydrogen-bond acceptors (Lipinski definition) is 1. The zero-order valence-corrected chi connectivity index (χ0v) is 12.2. The minimum Gasteiger partial charge on any atom is -0.381 e. The Balaban J connectivity index is 2.91. The maximum absolute atomic E-state index is 5.34. The van der Waals surface area contributed by atoms with E-state index in [1.807, 2.05) is 0 Å². The van der Waals surface area contributed by atoms with Crippen molar-refractivity contribution in [3.05, 3.63) is 0 Å². The average Bonchev–Trinajstić information content (AvgIpc) is 1.85. The van der Waals surface area contributed by atoms with Crippen LogP contribution in [0.3, 0.4) is 0 Å². The number of hydrogen-bond donors (Lipinski definition) is 0. The topological polar surface area (TPSA) is 9.23 Å². The third-order valence-electron chi connectivity index (χ3n) is 0.961. The van der Waals surface area contributed by atoms with Gasteiger partial charge in [0.2, 0.25) is 0 Å². The summed E-state index contributed by atoms with van der Waals surface area (Å²) in [6.07, 6.45) is 1.99. The second-order valence-electron chi connectivity index (χ2n) is 1.97. The van der Waals surface area contributed by atoms with Gasteiger partial charge >= 0.3 is 0 Å². The molecule has 0 aromatic heterocycles. The monoisotopic (exact) mass is 414 g/mol. The summed E-state index contributed by atoms with van der Waals surface area (Å²) in [4.78, 5) is 0. The lowest BCUT2D eigenvalue weighted by atomic mass is 10.5. The molecule has 0 aromatic rings. The first-order chi connectivity index (χ1) is 5.13. The molecular formula is C6H10Br4O. The molecule has 0 aliphatic carbocycles. The van der Waals surface area contributed by atoms with Gasteiger partial charge in [-0.3, -0.25) is 0 Å². The molecule has 0 aromatic carbocycles. The molecule has 0 N–H and O–H groups in total. The molecule has 1 nitrogen and oxygen atoms in total. The molecule has 0 radical (unpaired) electrons. The lowest BCUT2D eigenvalue weighted by molar-refractivity contribution is 0.135. The molecule has 68 valence electrons. The van der Waals surface area contributed by atoms with Gasteiger partial charge in [-0.15, -0.1) is 0 Å². The lowest BCUT2D eigenvalue weighted by Gasteiger charge is -2.04. The van der Waals surface area contributed by atoms with Crippen molar-refractivity contribution >= 4 is 63.7 Å². The first-order valence-electron chi connectivity index (χ1n) is 3.27. The third-order valence-corrected chi connectivity index (χ3v) is 2.79. The highest BCUT2D eigenvalue weighted by Crippen LogP contribution is 2.14. The first kappa shape index (κ1) is 12.9. The molecule has 0 atom stereocenters. The average molecular weight is 418 g/mol. The summed E-state index contributed by atoms with van der Waals surface area (Å²) in [5.74, 6) is 0. The zero-order chi connectivity index (χ0) is 8.69. The van der Waals surface area contributed by atoms with Crippen LogP contribution in [0.4, 0.5) is 0 Å². The summed E-state index contributed by atoms with van der Waals surface area (Å²) < 4.78 is 6.08. The van der Waals surface area contributed by atoms with Gasteiger partial charge in [0.05, 0.1) is 7.47 Å². The van der Waals surface area contributed by atoms with Gasteiger partial charge in [0.15, 0.2) is 0 Å². The Morgan fingerprint density at radius 1 is 0.818 bits per heavy atom. The lowest BCUT2D eigenvalue weighted by Crippen LogP contribution is -2.02. The zero-order valence-electron chi connectivity index (χ0n) is 5.90. The molecule has 5 heteroatoms. The summed E-state index contributed by atoms with van der Waals surface area (Å²) in [6, 6.07) is 0. The smallest absolute Gasteiger partial charge is 0.0719 e. The Bertz CT molecular complexity index is 76.7. The van der Waals surface area contributed by atoms with E-state index < -0.39 is 0 Å². The van der Waals surface area contributed by atoms with Crippen molar-refractivity contribution in [1.82, 2.24) is 0 Å². The highest BCUT2D eigenvalue weighted by Gasteiger charge is 1.99. The van der Waals surface area contributed by atoms with Crippen LogP contribution in [-0.2, 0) is 4.74 Å². The number of alkyl halides is 4. The third kappa shape index (κ3) is 11.9. The van der Waals surface area contributed by atoms with E-state index in [0.717, 1.165) is 26.1 Å². The molecule has 0 fully saturated rings. The minimum absolute atomic E-state index is 0.374. The van der Waals surface area contributed by atoms with Crippen molar-refractivity contribution < 1.29 is 4.74 Å². The van der Waals surface area contributed by atoms with Gasteiger partial charge in [0.1, 0.15) is 0 Å². The molecule has 0 unspecified atom stereocenters. The van der Waals surface area contributed by atoms with E-state index in [2.05, 4.69) is 63.7 Å². The van der Waals surface area contributed by atoms with E-state index in [0.29, 0.717) is 7.47 Å². The maximum atomic E-state index is 5.34. The molecule has 0 rings (SSSR count). The van der Waals surface area contributed by atoms with E-state index in [9.17, 15) is 0 Å². The molecule has 11 heavy (non-hydrogen) atoms. The minimum atomic E-state index is 0.374. The number of rotatable bonds is 6. The van der Waals surface area contributed by atoms with Gasteiger partial charge in [-0.25, -0.2) is 0 Å². The standard InChI is InChI=1S/C6H10Br4O/c7-5(8)1-3-11-4-2-6(9)10/h5-6H,1-4H2. The van der Waals surface area contributed by atoms with Crippen molar-refractivity contribution in [1.29, 1.82) is 0 Å². The van der Waals surface area contributed by atoms with E-state index in [1.54, 1.807) is 0 Å². The summed E-state index contributed by atoms with van der Waals surface area (Å²) in [6.45, 7) is 1.60. The van der Waals surface area contributed by atoms with E-state index in [4.69, 9.17) is 4.74 Å². The normalized spacial score (nSPS) is 11.5. The molecular weight excluding hydrogens is 408 g/mol. The Morgan fingerprint density at radius 3 is 1.45 bits per heavy atom. The van der Waals surface area contributed by atoms with Gasteiger partial charge in [-0.1, -0.05) is 63.7 Å². The predicted molar refractivity (Wildman–Crippen MR) is 63.3 cm³/mol. The van der Waals surface area contributed by atoms with Gasteiger partial charge in [0, 0.05) is 13.2 Å². The Labute approximate surface area is 101 Å². The summed E-state index contributed by atoms with van der Waals surface area (Å²) in [5, 5.41) is 0. The highest BCUT2D eigenvalue weighted by molar-refractivity contribution is 9.25. The molecule has 0 saturated carbocycles.